The number of amides is 2. The van der Waals surface area contributed by atoms with Crippen molar-refractivity contribution in [3.05, 3.63) is 120 Å². The summed E-state index contributed by atoms with van der Waals surface area (Å²) in [4.78, 5) is 21.9. The Morgan fingerprint density at radius 2 is 1.69 bits per heavy atom. The fourth-order valence-corrected chi connectivity index (χ4v) is 4.45. The van der Waals surface area contributed by atoms with E-state index in [0.29, 0.717) is 21.4 Å². The van der Waals surface area contributed by atoms with Crippen LogP contribution in [0.1, 0.15) is 22.4 Å². The Bertz CT molecular complexity index is 1380. The Morgan fingerprint density at radius 3 is 2.33 bits per heavy atom. The highest BCUT2D eigenvalue weighted by Gasteiger charge is 2.44. The molecule has 0 aliphatic carbocycles. The number of pyridine rings is 2. The Morgan fingerprint density at radius 1 is 0.949 bits per heavy atom. The van der Waals surface area contributed by atoms with Crippen molar-refractivity contribution in [2.75, 3.05) is 5.32 Å². The van der Waals surface area contributed by atoms with Crippen LogP contribution in [-0.4, -0.2) is 28.5 Å². The minimum absolute atomic E-state index is 0.156. The van der Waals surface area contributed by atoms with Gasteiger partial charge in [0.1, 0.15) is 11.3 Å². The predicted molar refractivity (Wildman–Crippen MR) is 147 cm³/mol. The molecule has 4 rings (SSSR count). The predicted octanol–water partition coefficient (Wildman–Crippen LogP) is 6.96. The Labute approximate surface area is 236 Å². The Hall–Kier alpha value is -3.74. The number of halogens is 5. The van der Waals surface area contributed by atoms with E-state index in [1.54, 1.807) is 30.5 Å². The second kappa shape index (κ2) is 12.4. The summed E-state index contributed by atoms with van der Waals surface area (Å²) in [6.07, 6.45) is -3.88. The van der Waals surface area contributed by atoms with Crippen LogP contribution in [0.2, 0.25) is 0 Å². The first-order chi connectivity index (χ1) is 18.7. The molecule has 2 amide bonds. The smallest absolute Gasteiger partial charge is 0.428 e. The summed E-state index contributed by atoms with van der Waals surface area (Å²) in [5.74, 6) is -0.490. The SMILES string of the molecule is O=C(Nc1ccncc1)N[C@@](Cc1ccccc1)(c1cccc(OC(F)(F)C(F)F)c1)c1ccc(CI)cn1. The van der Waals surface area contributed by atoms with Crippen LogP contribution in [-0.2, 0) is 16.4 Å². The van der Waals surface area contributed by atoms with E-state index in [1.165, 1.54) is 24.5 Å². The number of nitrogens with zero attached hydrogens (tertiary/aromatic N) is 2. The van der Waals surface area contributed by atoms with E-state index in [0.717, 1.165) is 17.2 Å². The van der Waals surface area contributed by atoms with Gasteiger partial charge in [0.2, 0.25) is 0 Å². The fourth-order valence-electron chi connectivity index (χ4n) is 4.00. The largest absolute Gasteiger partial charge is 0.461 e. The number of alkyl halides is 5. The Kier molecular flexibility index (Phi) is 9.00. The number of urea groups is 1. The van der Waals surface area contributed by atoms with Crippen LogP contribution in [0.15, 0.2) is 97.5 Å². The van der Waals surface area contributed by atoms with Gasteiger partial charge in [0, 0.05) is 35.1 Å². The molecule has 202 valence electrons. The number of aromatic nitrogens is 2. The first-order valence-electron chi connectivity index (χ1n) is 11.7. The minimum Gasteiger partial charge on any atom is -0.428 e. The van der Waals surface area contributed by atoms with Crippen molar-refractivity contribution in [1.82, 2.24) is 15.3 Å². The number of rotatable bonds is 10. The molecule has 1 atom stereocenters. The average molecular weight is 650 g/mol. The van der Waals surface area contributed by atoms with E-state index in [2.05, 4.69) is 47.9 Å². The minimum atomic E-state index is -4.70. The molecule has 0 fully saturated rings. The van der Waals surface area contributed by atoms with Crippen LogP contribution in [0.4, 0.5) is 28.0 Å². The summed E-state index contributed by atoms with van der Waals surface area (Å²) in [6.45, 7) is 0. The van der Waals surface area contributed by atoms with Crippen molar-refractivity contribution in [1.29, 1.82) is 0 Å². The van der Waals surface area contributed by atoms with Gasteiger partial charge in [-0.3, -0.25) is 9.97 Å². The first kappa shape index (κ1) is 28.3. The van der Waals surface area contributed by atoms with Gasteiger partial charge in [-0.05, 0) is 47.0 Å². The summed E-state index contributed by atoms with van der Waals surface area (Å²) in [5.41, 5.74) is 1.49. The summed E-state index contributed by atoms with van der Waals surface area (Å²) in [6, 6.07) is 20.7. The van der Waals surface area contributed by atoms with Crippen molar-refractivity contribution in [2.24, 2.45) is 0 Å². The number of carbonyl (C=O) groups excluding carboxylic acids is 1. The van der Waals surface area contributed by atoms with Gasteiger partial charge in [0.15, 0.2) is 0 Å². The maximum absolute atomic E-state index is 13.8. The van der Waals surface area contributed by atoms with E-state index in [9.17, 15) is 22.4 Å². The molecule has 39 heavy (non-hydrogen) atoms. The number of ether oxygens (including phenoxy) is 1. The number of benzene rings is 2. The fraction of sp³-hybridized carbons (Fsp3) is 0.179. The van der Waals surface area contributed by atoms with E-state index >= 15 is 0 Å². The zero-order valence-corrected chi connectivity index (χ0v) is 22.5. The van der Waals surface area contributed by atoms with Crippen LogP contribution < -0.4 is 15.4 Å². The third-order valence-electron chi connectivity index (χ3n) is 5.83. The molecule has 4 aromatic rings. The monoisotopic (exact) mass is 650 g/mol. The normalized spacial score (nSPS) is 13.0. The van der Waals surface area contributed by atoms with Gasteiger partial charge in [0.05, 0.1) is 5.69 Å². The number of hydrogen-bond donors (Lipinski definition) is 2. The van der Waals surface area contributed by atoms with Gasteiger partial charge >= 0.3 is 18.6 Å². The molecule has 0 radical (unpaired) electrons. The average Bonchev–Trinajstić information content (AvgIpc) is 2.93. The number of hydrogen-bond acceptors (Lipinski definition) is 4. The third kappa shape index (κ3) is 7.02. The second-order valence-corrected chi connectivity index (χ2v) is 9.32. The lowest BCUT2D eigenvalue weighted by atomic mass is 9.80. The first-order valence-corrected chi connectivity index (χ1v) is 13.2. The van der Waals surface area contributed by atoms with Gasteiger partial charge in [-0.1, -0.05) is 71.1 Å². The maximum Gasteiger partial charge on any atom is 0.461 e. The van der Waals surface area contributed by atoms with Gasteiger partial charge in [0.25, 0.3) is 0 Å². The lowest BCUT2D eigenvalue weighted by Gasteiger charge is -2.36. The quantitative estimate of drug-likeness (QED) is 0.111. The molecular weight excluding hydrogens is 627 g/mol. The number of carbonyl (C=O) groups is 1. The van der Waals surface area contributed by atoms with Crippen molar-refractivity contribution in [3.8, 4) is 5.75 Å². The molecule has 0 saturated carbocycles. The van der Waals surface area contributed by atoms with Crippen molar-refractivity contribution in [3.63, 3.8) is 0 Å². The molecule has 0 aliphatic heterocycles. The Balaban J connectivity index is 1.85. The highest BCUT2D eigenvalue weighted by molar-refractivity contribution is 14.1. The van der Waals surface area contributed by atoms with E-state index < -0.39 is 29.9 Å². The van der Waals surface area contributed by atoms with E-state index in [1.807, 2.05) is 36.4 Å². The van der Waals surface area contributed by atoms with Crippen LogP contribution >= 0.6 is 22.6 Å². The zero-order chi connectivity index (χ0) is 27.9. The van der Waals surface area contributed by atoms with E-state index in [4.69, 9.17) is 0 Å². The molecule has 2 aromatic carbocycles. The molecule has 2 aromatic heterocycles. The summed E-state index contributed by atoms with van der Waals surface area (Å²) < 4.78 is 58.4. The molecule has 11 heteroatoms. The van der Waals surface area contributed by atoms with Crippen molar-refractivity contribution >= 4 is 34.3 Å². The van der Waals surface area contributed by atoms with Crippen LogP contribution in [0.3, 0.4) is 0 Å². The van der Waals surface area contributed by atoms with Gasteiger partial charge < -0.3 is 15.4 Å². The van der Waals surface area contributed by atoms with Crippen molar-refractivity contribution < 1.29 is 27.1 Å². The molecule has 0 spiro atoms. The summed E-state index contributed by atoms with van der Waals surface area (Å²) in [7, 11) is 0. The lowest BCUT2D eigenvalue weighted by Crippen LogP contribution is -2.50. The van der Waals surface area contributed by atoms with Crippen molar-refractivity contribution in [2.45, 2.75) is 28.9 Å². The number of nitrogens with one attached hydrogen (secondary N) is 2. The van der Waals surface area contributed by atoms with E-state index in [-0.39, 0.29) is 6.42 Å². The summed E-state index contributed by atoms with van der Waals surface area (Å²) in [5, 5.41) is 5.73. The standard InChI is InChI=1S/C28H23F4IN4O2/c29-25(30)28(31,32)39-23-8-4-7-21(15-23)27(16-19-5-2-1-3-6-19,24-10-9-20(17-33)18-35-24)37-26(38)36-22-11-13-34-14-12-22/h1-15,18,25H,16-17H2,(H2,34,36,37,38)/t27-/m0/s1. The molecular formula is C28H23F4IN4O2. The molecule has 6 nitrogen and oxygen atoms in total. The van der Waals surface area contributed by atoms with Crippen LogP contribution in [0, 0.1) is 0 Å². The molecule has 0 unspecified atom stereocenters. The zero-order valence-electron chi connectivity index (χ0n) is 20.3. The molecule has 0 bridgehead atoms. The molecule has 2 N–H and O–H groups in total. The second-order valence-electron chi connectivity index (χ2n) is 8.56. The van der Waals surface area contributed by atoms with Gasteiger partial charge in [-0.15, -0.1) is 0 Å². The van der Waals surface area contributed by atoms with Crippen LogP contribution in [0.5, 0.6) is 5.75 Å². The third-order valence-corrected chi connectivity index (χ3v) is 6.71. The molecule has 0 saturated heterocycles. The van der Waals surface area contributed by atoms with Crippen LogP contribution in [0.25, 0.3) is 0 Å². The van der Waals surface area contributed by atoms with Gasteiger partial charge in [-0.25, -0.2) is 4.79 Å². The molecule has 2 heterocycles. The highest BCUT2D eigenvalue weighted by Crippen LogP contribution is 2.36. The molecule has 0 aliphatic rings. The summed E-state index contributed by atoms with van der Waals surface area (Å²) >= 11 is 2.20. The number of anilines is 1. The topological polar surface area (TPSA) is 76.1 Å². The van der Waals surface area contributed by atoms with Gasteiger partial charge in [-0.2, -0.15) is 17.6 Å². The lowest BCUT2D eigenvalue weighted by molar-refractivity contribution is -0.253. The highest BCUT2D eigenvalue weighted by atomic mass is 127. The maximum atomic E-state index is 13.8.